The number of carbonyl (C=O) groups is 1. The molecule has 0 saturated heterocycles. The Morgan fingerprint density at radius 1 is 0.944 bits per heavy atom. The second kappa shape index (κ2) is 8.09. The highest BCUT2D eigenvalue weighted by Gasteiger charge is 2.29. The number of amides is 1. The van der Waals surface area contributed by atoms with Crippen LogP contribution in [0.2, 0.25) is 0 Å². The van der Waals surface area contributed by atoms with Crippen LogP contribution in [-0.4, -0.2) is 41.0 Å². The summed E-state index contributed by atoms with van der Waals surface area (Å²) in [4.78, 5) is 33.6. The number of aromatic amines is 2. The number of pyridine rings is 3. The molecule has 5 heterocycles. The van der Waals surface area contributed by atoms with Crippen molar-refractivity contribution in [2.45, 2.75) is 12.8 Å². The van der Waals surface area contributed by atoms with Crippen LogP contribution in [0.25, 0.3) is 55.8 Å². The molecular formula is C27H20N8O. The summed E-state index contributed by atoms with van der Waals surface area (Å²) in [6.45, 7) is 0. The van der Waals surface area contributed by atoms with Gasteiger partial charge in [-0.15, -0.1) is 0 Å². The predicted octanol–water partition coefficient (Wildman–Crippen LogP) is 4.97. The summed E-state index contributed by atoms with van der Waals surface area (Å²) in [5.41, 5.74) is 7.43. The Balaban J connectivity index is 1.28. The SMILES string of the molecule is O=C(Nc1cncc(-c2ccc3[nH]nc(-c4nc5c(-c6ccccn6)cncc5[nH]4)c3c2)c1)C1CC1. The molecule has 0 unspecified atom stereocenters. The molecule has 0 aliphatic heterocycles. The van der Waals surface area contributed by atoms with Gasteiger partial charge in [0.1, 0.15) is 11.2 Å². The molecule has 1 saturated carbocycles. The molecule has 1 aliphatic rings. The lowest BCUT2D eigenvalue weighted by atomic mass is 10.0. The first-order chi connectivity index (χ1) is 17.7. The Morgan fingerprint density at radius 2 is 1.86 bits per heavy atom. The van der Waals surface area contributed by atoms with Gasteiger partial charge >= 0.3 is 0 Å². The quantitative estimate of drug-likeness (QED) is 0.325. The average molecular weight is 473 g/mol. The van der Waals surface area contributed by atoms with E-state index in [9.17, 15) is 4.79 Å². The van der Waals surface area contributed by atoms with Crippen molar-refractivity contribution in [1.29, 1.82) is 0 Å². The molecule has 6 aromatic rings. The molecule has 0 spiro atoms. The van der Waals surface area contributed by atoms with Crippen LogP contribution in [0.15, 0.2) is 73.4 Å². The summed E-state index contributed by atoms with van der Waals surface area (Å²) in [6.07, 6.45) is 10.7. The minimum Gasteiger partial charge on any atom is -0.335 e. The summed E-state index contributed by atoms with van der Waals surface area (Å²) in [5, 5.41) is 11.5. The van der Waals surface area contributed by atoms with Crippen molar-refractivity contribution in [2.75, 3.05) is 5.32 Å². The van der Waals surface area contributed by atoms with Crippen molar-refractivity contribution in [3.8, 4) is 33.9 Å². The zero-order valence-electron chi connectivity index (χ0n) is 19.1. The standard InChI is InChI=1S/C27H20N8O/c36-27(15-4-5-15)31-18-9-17(11-28-12-18)16-6-7-22-19(10-16)25(35-34-22)26-32-23-14-29-13-20(24(23)33-26)21-3-1-2-8-30-21/h1-3,6-15H,4-5H2,(H,31,36)(H,32,33)(H,34,35). The second-order valence-electron chi connectivity index (χ2n) is 8.94. The lowest BCUT2D eigenvalue weighted by Crippen LogP contribution is -2.13. The monoisotopic (exact) mass is 472 g/mol. The van der Waals surface area contributed by atoms with Gasteiger partial charge in [0, 0.05) is 41.0 Å². The molecule has 1 aliphatic carbocycles. The molecule has 0 radical (unpaired) electrons. The average Bonchev–Trinajstić information content (AvgIpc) is 3.55. The molecule has 1 fully saturated rings. The molecule has 5 aromatic heterocycles. The minimum absolute atomic E-state index is 0.0611. The zero-order chi connectivity index (χ0) is 24.1. The Kier molecular flexibility index (Phi) is 4.60. The highest BCUT2D eigenvalue weighted by Crippen LogP contribution is 2.33. The van der Waals surface area contributed by atoms with Crippen LogP contribution < -0.4 is 5.32 Å². The lowest BCUT2D eigenvalue weighted by molar-refractivity contribution is -0.117. The zero-order valence-corrected chi connectivity index (χ0v) is 19.1. The maximum atomic E-state index is 12.2. The van der Waals surface area contributed by atoms with Crippen molar-refractivity contribution in [1.82, 2.24) is 35.1 Å². The highest BCUT2D eigenvalue weighted by molar-refractivity contribution is 5.98. The fourth-order valence-corrected chi connectivity index (χ4v) is 4.38. The van der Waals surface area contributed by atoms with Gasteiger partial charge in [-0.25, -0.2) is 4.98 Å². The number of H-pyrrole nitrogens is 2. The van der Waals surface area contributed by atoms with Crippen LogP contribution in [0.3, 0.4) is 0 Å². The fourth-order valence-electron chi connectivity index (χ4n) is 4.38. The van der Waals surface area contributed by atoms with Crippen LogP contribution in [0.4, 0.5) is 5.69 Å². The largest absolute Gasteiger partial charge is 0.335 e. The number of benzene rings is 1. The van der Waals surface area contributed by atoms with Crippen LogP contribution in [-0.2, 0) is 4.79 Å². The number of rotatable bonds is 5. The number of hydrogen-bond donors (Lipinski definition) is 3. The maximum Gasteiger partial charge on any atom is 0.227 e. The number of carbonyl (C=O) groups excluding carboxylic acids is 1. The van der Waals surface area contributed by atoms with E-state index in [0.29, 0.717) is 17.2 Å². The summed E-state index contributed by atoms with van der Waals surface area (Å²) in [6, 6.07) is 13.8. The highest BCUT2D eigenvalue weighted by atomic mass is 16.2. The number of hydrogen-bond acceptors (Lipinski definition) is 6. The Bertz CT molecular complexity index is 1750. The van der Waals surface area contributed by atoms with E-state index in [-0.39, 0.29) is 11.8 Å². The molecule has 7 rings (SSSR count). The third-order valence-electron chi connectivity index (χ3n) is 6.41. The topological polar surface area (TPSA) is 125 Å². The number of fused-ring (bicyclic) bond motifs is 2. The summed E-state index contributed by atoms with van der Waals surface area (Å²) < 4.78 is 0. The van der Waals surface area contributed by atoms with E-state index in [1.807, 2.05) is 36.4 Å². The van der Waals surface area contributed by atoms with Gasteiger partial charge in [0.2, 0.25) is 5.91 Å². The Morgan fingerprint density at radius 3 is 2.72 bits per heavy atom. The van der Waals surface area contributed by atoms with Gasteiger partial charge in [0.05, 0.1) is 34.8 Å². The van der Waals surface area contributed by atoms with E-state index in [1.165, 1.54) is 0 Å². The number of anilines is 1. The molecular weight excluding hydrogens is 452 g/mol. The molecule has 174 valence electrons. The minimum atomic E-state index is 0.0611. The fraction of sp³-hybridized carbons (Fsp3) is 0.111. The van der Waals surface area contributed by atoms with Crippen LogP contribution >= 0.6 is 0 Å². The van der Waals surface area contributed by atoms with Crippen molar-refractivity contribution in [3.63, 3.8) is 0 Å². The van der Waals surface area contributed by atoms with E-state index < -0.39 is 0 Å². The smallest absolute Gasteiger partial charge is 0.227 e. The number of nitrogens with zero attached hydrogens (tertiary/aromatic N) is 5. The number of nitrogens with one attached hydrogen (secondary N) is 3. The van der Waals surface area contributed by atoms with Crippen molar-refractivity contribution in [2.24, 2.45) is 5.92 Å². The lowest BCUT2D eigenvalue weighted by Gasteiger charge is -2.07. The van der Waals surface area contributed by atoms with Crippen LogP contribution in [0.1, 0.15) is 12.8 Å². The molecule has 3 N–H and O–H groups in total. The van der Waals surface area contributed by atoms with Gasteiger partial charge in [0.25, 0.3) is 0 Å². The van der Waals surface area contributed by atoms with E-state index in [0.717, 1.165) is 57.2 Å². The molecule has 36 heavy (non-hydrogen) atoms. The van der Waals surface area contributed by atoms with Crippen LogP contribution in [0.5, 0.6) is 0 Å². The molecule has 9 nitrogen and oxygen atoms in total. The third-order valence-corrected chi connectivity index (χ3v) is 6.41. The van der Waals surface area contributed by atoms with E-state index in [1.54, 1.807) is 31.0 Å². The van der Waals surface area contributed by atoms with Crippen molar-refractivity contribution < 1.29 is 4.79 Å². The molecule has 1 aromatic carbocycles. The molecule has 0 atom stereocenters. The van der Waals surface area contributed by atoms with Crippen molar-refractivity contribution in [3.05, 3.63) is 73.4 Å². The first kappa shape index (κ1) is 20.5. The van der Waals surface area contributed by atoms with Gasteiger partial charge in [-0.1, -0.05) is 12.1 Å². The van der Waals surface area contributed by atoms with Crippen molar-refractivity contribution >= 4 is 33.5 Å². The second-order valence-corrected chi connectivity index (χ2v) is 8.94. The molecule has 9 heteroatoms. The number of aromatic nitrogens is 7. The van der Waals surface area contributed by atoms with Gasteiger partial charge < -0.3 is 10.3 Å². The molecule has 0 bridgehead atoms. The van der Waals surface area contributed by atoms with E-state index in [4.69, 9.17) is 4.98 Å². The normalized spacial score (nSPS) is 13.3. The van der Waals surface area contributed by atoms with Crippen LogP contribution in [0, 0.1) is 5.92 Å². The van der Waals surface area contributed by atoms with Gasteiger partial charge in [-0.3, -0.25) is 24.8 Å². The summed E-state index contributed by atoms with van der Waals surface area (Å²) in [5.74, 6) is 0.837. The van der Waals surface area contributed by atoms with Gasteiger partial charge in [-0.2, -0.15) is 5.10 Å². The Hall–Kier alpha value is -4.92. The molecule has 1 amide bonds. The first-order valence-corrected chi connectivity index (χ1v) is 11.7. The van der Waals surface area contributed by atoms with Gasteiger partial charge in [0.15, 0.2) is 5.82 Å². The maximum absolute atomic E-state index is 12.2. The Labute approximate surface area is 205 Å². The van der Waals surface area contributed by atoms with E-state index >= 15 is 0 Å². The predicted molar refractivity (Wildman–Crippen MR) is 137 cm³/mol. The third kappa shape index (κ3) is 3.58. The van der Waals surface area contributed by atoms with Gasteiger partial charge in [-0.05, 0) is 48.7 Å². The summed E-state index contributed by atoms with van der Waals surface area (Å²) in [7, 11) is 0. The summed E-state index contributed by atoms with van der Waals surface area (Å²) >= 11 is 0. The van der Waals surface area contributed by atoms with E-state index in [2.05, 4.69) is 41.5 Å². The first-order valence-electron chi connectivity index (χ1n) is 11.7. The number of imidazole rings is 1.